The Morgan fingerprint density at radius 3 is 2.50 bits per heavy atom. The molecule has 10 heteroatoms. The second-order valence-electron chi connectivity index (χ2n) is 9.02. The summed E-state index contributed by atoms with van der Waals surface area (Å²) in [7, 11) is 1.81. The minimum absolute atomic E-state index is 0.129. The molecule has 34 heavy (non-hydrogen) atoms. The number of halogens is 1. The Morgan fingerprint density at radius 2 is 1.97 bits per heavy atom. The molecule has 3 heterocycles. The van der Waals surface area contributed by atoms with Gasteiger partial charge in [0.1, 0.15) is 11.5 Å². The Balaban J connectivity index is 1.60. The van der Waals surface area contributed by atoms with Crippen molar-refractivity contribution >= 4 is 29.2 Å². The molecular weight excluding hydrogens is 454 g/mol. The molecule has 1 atom stereocenters. The summed E-state index contributed by atoms with van der Waals surface area (Å²) >= 11 is 6.24. The molecule has 0 aromatic carbocycles. The van der Waals surface area contributed by atoms with Crippen molar-refractivity contribution < 1.29 is 9.59 Å². The molecule has 1 aliphatic carbocycles. The van der Waals surface area contributed by atoms with Crippen molar-refractivity contribution in [3.8, 4) is 11.3 Å². The minimum Gasteiger partial charge on any atom is -0.364 e. The first kappa shape index (κ1) is 23.9. The fraction of sp³-hybridized carbons (Fsp3) is 0.458. The second-order valence-corrected chi connectivity index (χ2v) is 9.43. The lowest BCUT2D eigenvalue weighted by molar-refractivity contribution is -0.119. The fourth-order valence-corrected chi connectivity index (χ4v) is 5.06. The summed E-state index contributed by atoms with van der Waals surface area (Å²) in [5.41, 5.74) is 7.99. The van der Waals surface area contributed by atoms with Crippen LogP contribution in [0, 0.1) is 11.8 Å². The van der Waals surface area contributed by atoms with Gasteiger partial charge in [-0.05, 0) is 49.8 Å². The first-order valence-electron chi connectivity index (χ1n) is 11.6. The highest BCUT2D eigenvalue weighted by Gasteiger charge is 2.35. The smallest absolute Gasteiger partial charge is 0.266 e. The highest BCUT2D eigenvalue weighted by Crippen LogP contribution is 2.38. The van der Waals surface area contributed by atoms with E-state index in [0.717, 1.165) is 36.9 Å². The van der Waals surface area contributed by atoms with Crippen molar-refractivity contribution in [3.63, 3.8) is 0 Å². The van der Waals surface area contributed by atoms with Crippen LogP contribution >= 0.6 is 11.6 Å². The summed E-state index contributed by atoms with van der Waals surface area (Å²) in [4.78, 5) is 29.9. The van der Waals surface area contributed by atoms with Gasteiger partial charge in [0.15, 0.2) is 0 Å². The lowest BCUT2D eigenvalue weighted by Crippen LogP contribution is -2.30. The van der Waals surface area contributed by atoms with Gasteiger partial charge >= 0.3 is 0 Å². The SMILES string of the molecule is CCn1nc(C(C(=O)Nc2ccc(-c3c(Cl)cnn3C)cn2)C2CCC(C)CC2)cc1C(N)=O. The number of aromatic nitrogens is 5. The molecule has 3 aromatic heterocycles. The van der Waals surface area contributed by atoms with Crippen LogP contribution in [-0.4, -0.2) is 36.4 Å². The number of hydrogen-bond acceptors (Lipinski definition) is 5. The minimum atomic E-state index is -0.553. The first-order valence-corrected chi connectivity index (χ1v) is 12.0. The average molecular weight is 484 g/mol. The highest BCUT2D eigenvalue weighted by molar-refractivity contribution is 6.33. The van der Waals surface area contributed by atoms with E-state index in [1.165, 1.54) is 0 Å². The van der Waals surface area contributed by atoms with E-state index in [0.29, 0.717) is 34.7 Å². The Kier molecular flexibility index (Phi) is 7.02. The largest absolute Gasteiger partial charge is 0.364 e. The van der Waals surface area contributed by atoms with Crippen LogP contribution in [0.5, 0.6) is 0 Å². The van der Waals surface area contributed by atoms with Gasteiger partial charge < -0.3 is 11.1 Å². The van der Waals surface area contributed by atoms with Gasteiger partial charge in [0.25, 0.3) is 5.91 Å². The van der Waals surface area contributed by atoms with Crippen LogP contribution < -0.4 is 11.1 Å². The molecule has 0 bridgehead atoms. The van der Waals surface area contributed by atoms with Gasteiger partial charge in [-0.2, -0.15) is 10.2 Å². The number of nitrogens with zero attached hydrogens (tertiary/aromatic N) is 5. The molecule has 0 saturated heterocycles. The molecule has 180 valence electrons. The summed E-state index contributed by atoms with van der Waals surface area (Å²) in [6.45, 7) is 4.62. The molecule has 9 nitrogen and oxygen atoms in total. The second kappa shape index (κ2) is 9.97. The summed E-state index contributed by atoms with van der Waals surface area (Å²) in [6.07, 6.45) is 7.21. The van der Waals surface area contributed by atoms with Gasteiger partial charge in [-0.1, -0.05) is 31.4 Å². The third-order valence-corrected chi connectivity index (χ3v) is 6.94. The number of anilines is 1. The summed E-state index contributed by atoms with van der Waals surface area (Å²) in [6, 6.07) is 5.25. The number of pyridine rings is 1. The predicted octanol–water partition coefficient (Wildman–Crippen LogP) is 4.00. The number of hydrogen-bond donors (Lipinski definition) is 2. The first-order chi connectivity index (χ1) is 16.3. The molecular formula is C24H30ClN7O2. The number of rotatable bonds is 7. The fourth-order valence-electron chi connectivity index (χ4n) is 4.78. The zero-order valence-electron chi connectivity index (χ0n) is 19.7. The number of carbonyl (C=O) groups excluding carboxylic acids is 2. The van der Waals surface area contributed by atoms with E-state index in [4.69, 9.17) is 17.3 Å². The molecule has 2 amide bonds. The Morgan fingerprint density at radius 1 is 1.24 bits per heavy atom. The maximum Gasteiger partial charge on any atom is 0.266 e. The zero-order valence-corrected chi connectivity index (χ0v) is 20.4. The van der Waals surface area contributed by atoms with Gasteiger partial charge in [-0.3, -0.25) is 19.0 Å². The van der Waals surface area contributed by atoms with Crippen molar-refractivity contribution in [2.75, 3.05) is 5.32 Å². The van der Waals surface area contributed by atoms with Crippen molar-refractivity contribution in [3.05, 3.63) is 47.0 Å². The normalized spacial score (nSPS) is 19.1. The number of amides is 2. The van der Waals surface area contributed by atoms with Crippen molar-refractivity contribution in [1.82, 2.24) is 24.5 Å². The molecule has 1 aliphatic rings. The topological polar surface area (TPSA) is 121 Å². The van der Waals surface area contributed by atoms with Crippen LogP contribution in [0.15, 0.2) is 30.6 Å². The Labute approximate surface area is 203 Å². The monoisotopic (exact) mass is 483 g/mol. The van der Waals surface area contributed by atoms with Gasteiger partial charge in [0.2, 0.25) is 5.91 Å². The quantitative estimate of drug-likeness (QED) is 0.526. The van der Waals surface area contributed by atoms with Crippen LogP contribution in [0.4, 0.5) is 5.82 Å². The van der Waals surface area contributed by atoms with E-state index in [1.54, 1.807) is 33.9 Å². The number of carbonyl (C=O) groups is 2. The van der Waals surface area contributed by atoms with Gasteiger partial charge in [0, 0.05) is 25.4 Å². The van der Waals surface area contributed by atoms with Crippen LogP contribution in [0.2, 0.25) is 5.02 Å². The Bertz CT molecular complexity index is 1160. The molecule has 0 radical (unpaired) electrons. The summed E-state index contributed by atoms with van der Waals surface area (Å²) < 4.78 is 3.24. The van der Waals surface area contributed by atoms with Crippen LogP contribution in [0.3, 0.4) is 0 Å². The molecule has 0 spiro atoms. The molecule has 1 saturated carbocycles. The maximum absolute atomic E-state index is 13.5. The van der Waals surface area contributed by atoms with E-state index in [-0.39, 0.29) is 11.8 Å². The van der Waals surface area contributed by atoms with E-state index in [2.05, 4.69) is 27.4 Å². The number of primary amides is 1. The predicted molar refractivity (Wildman–Crippen MR) is 130 cm³/mol. The molecule has 1 fully saturated rings. The Hall–Kier alpha value is -3.20. The van der Waals surface area contributed by atoms with E-state index < -0.39 is 11.8 Å². The third kappa shape index (κ3) is 4.84. The number of nitrogens with one attached hydrogen (secondary N) is 1. The molecule has 3 N–H and O–H groups in total. The lowest BCUT2D eigenvalue weighted by atomic mass is 9.75. The zero-order chi connectivity index (χ0) is 24.4. The van der Waals surface area contributed by atoms with Gasteiger partial charge in [0.05, 0.1) is 28.5 Å². The molecule has 0 aliphatic heterocycles. The highest BCUT2D eigenvalue weighted by atomic mass is 35.5. The van der Waals surface area contributed by atoms with E-state index >= 15 is 0 Å². The van der Waals surface area contributed by atoms with E-state index in [1.807, 2.05) is 20.0 Å². The van der Waals surface area contributed by atoms with Crippen LogP contribution in [0.25, 0.3) is 11.3 Å². The average Bonchev–Trinajstić information content (AvgIpc) is 3.39. The van der Waals surface area contributed by atoms with Gasteiger partial charge in [-0.15, -0.1) is 0 Å². The maximum atomic E-state index is 13.5. The van der Waals surface area contributed by atoms with Crippen LogP contribution in [0.1, 0.15) is 61.6 Å². The van der Waals surface area contributed by atoms with Crippen LogP contribution in [-0.2, 0) is 18.4 Å². The van der Waals surface area contributed by atoms with Crippen molar-refractivity contribution in [1.29, 1.82) is 0 Å². The third-order valence-electron chi connectivity index (χ3n) is 6.67. The standard InChI is InChI=1S/C24H30ClN7O2/c1-4-32-19(23(26)33)11-18(30-32)21(15-7-5-14(2)6-8-15)24(34)29-20-10-9-16(12-27-20)22-17(25)13-28-31(22)3/h9-15,21H,4-8H2,1-3H3,(H2,26,33)(H,27,29,34). The van der Waals surface area contributed by atoms with Crippen molar-refractivity contribution in [2.24, 2.45) is 24.6 Å². The summed E-state index contributed by atoms with van der Waals surface area (Å²) in [5, 5.41) is 12.2. The summed E-state index contributed by atoms with van der Waals surface area (Å²) in [5.74, 6) is -0.0251. The number of aryl methyl sites for hydroxylation is 2. The van der Waals surface area contributed by atoms with E-state index in [9.17, 15) is 9.59 Å². The molecule has 3 aromatic rings. The number of nitrogens with two attached hydrogens (primary N) is 1. The van der Waals surface area contributed by atoms with Gasteiger partial charge in [-0.25, -0.2) is 4.98 Å². The molecule has 4 rings (SSSR count). The lowest BCUT2D eigenvalue weighted by Gasteiger charge is -2.31. The molecule has 1 unspecified atom stereocenters. The van der Waals surface area contributed by atoms with Crippen molar-refractivity contribution in [2.45, 2.75) is 52.0 Å².